The minimum atomic E-state index is -0.273. The summed E-state index contributed by atoms with van der Waals surface area (Å²) in [5.41, 5.74) is 3.55. The van der Waals surface area contributed by atoms with Crippen LogP contribution in [0.25, 0.3) is 0 Å². The molecule has 0 aliphatic heterocycles. The molecule has 2 aromatic rings. The Morgan fingerprint density at radius 2 is 2.28 bits per heavy atom. The van der Waals surface area contributed by atoms with Gasteiger partial charge in [0.15, 0.2) is 11.5 Å². The van der Waals surface area contributed by atoms with Crippen molar-refractivity contribution in [3.63, 3.8) is 0 Å². The lowest BCUT2D eigenvalue weighted by Gasteiger charge is -2.03. The lowest BCUT2D eigenvalue weighted by atomic mass is 10.3. The quantitative estimate of drug-likeness (QED) is 0.416. The van der Waals surface area contributed by atoms with E-state index in [-0.39, 0.29) is 11.6 Å². The molecule has 18 heavy (non-hydrogen) atoms. The van der Waals surface area contributed by atoms with Crippen molar-refractivity contribution in [1.82, 2.24) is 25.5 Å². The summed E-state index contributed by atoms with van der Waals surface area (Å²) in [6.07, 6.45) is 4.00. The maximum absolute atomic E-state index is 11.7. The maximum Gasteiger partial charge on any atom is 0.271 e. The highest BCUT2D eigenvalue weighted by Gasteiger charge is 2.07. The smallest absolute Gasteiger partial charge is 0.271 e. The standard InChI is InChI=1S/C10H13N7O/c11-15-9-2-1-8(16-17-9)10(18)13-4-3-7-5-12-6-14-7/h1-2,5-6H,3-4,11H2,(H,12,14)(H,13,18)(H,15,17). The second kappa shape index (κ2) is 5.73. The predicted molar refractivity (Wildman–Crippen MR) is 64.5 cm³/mol. The van der Waals surface area contributed by atoms with Crippen LogP contribution in [-0.4, -0.2) is 32.6 Å². The van der Waals surface area contributed by atoms with Crippen molar-refractivity contribution in [2.45, 2.75) is 6.42 Å². The first kappa shape index (κ1) is 12.0. The van der Waals surface area contributed by atoms with Gasteiger partial charge < -0.3 is 15.7 Å². The number of aromatic nitrogens is 4. The molecule has 2 rings (SSSR count). The number of hydrogen-bond donors (Lipinski definition) is 4. The maximum atomic E-state index is 11.7. The van der Waals surface area contributed by atoms with E-state index in [9.17, 15) is 4.79 Å². The molecule has 0 fully saturated rings. The highest BCUT2D eigenvalue weighted by molar-refractivity contribution is 5.92. The molecule has 8 nitrogen and oxygen atoms in total. The van der Waals surface area contributed by atoms with Crippen LogP contribution in [0.1, 0.15) is 16.2 Å². The number of nitrogens with one attached hydrogen (secondary N) is 3. The number of nitrogens with zero attached hydrogens (tertiary/aromatic N) is 3. The van der Waals surface area contributed by atoms with Crippen LogP contribution in [0, 0.1) is 0 Å². The second-order valence-electron chi connectivity index (χ2n) is 3.53. The van der Waals surface area contributed by atoms with E-state index in [0.717, 1.165) is 5.69 Å². The van der Waals surface area contributed by atoms with E-state index in [1.807, 2.05) is 0 Å². The summed E-state index contributed by atoms with van der Waals surface area (Å²) in [5.74, 6) is 5.28. The molecular weight excluding hydrogens is 234 g/mol. The summed E-state index contributed by atoms with van der Waals surface area (Å²) < 4.78 is 0. The number of H-pyrrole nitrogens is 1. The first-order valence-electron chi connectivity index (χ1n) is 5.35. The Morgan fingerprint density at radius 3 is 2.89 bits per heavy atom. The van der Waals surface area contributed by atoms with Gasteiger partial charge >= 0.3 is 0 Å². The number of hydrazine groups is 1. The number of carbonyl (C=O) groups is 1. The van der Waals surface area contributed by atoms with Gasteiger partial charge in [-0.25, -0.2) is 10.8 Å². The Hall–Kier alpha value is -2.48. The molecule has 0 unspecified atom stereocenters. The molecule has 0 bridgehead atoms. The molecule has 0 aliphatic carbocycles. The fraction of sp³-hybridized carbons (Fsp3) is 0.200. The van der Waals surface area contributed by atoms with Crippen LogP contribution in [0.3, 0.4) is 0 Å². The number of hydrogen-bond acceptors (Lipinski definition) is 6. The number of carbonyl (C=O) groups excluding carboxylic acids is 1. The third kappa shape index (κ3) is 3.01. The molecule has 5 N–H and O–H groups in total. The van der Waals surface area contributed by atoms with E-state index in [4.69, 9.17) is 5.84 Å². The summed E-state index contributed by atoms with van der Waals surface area (Å²) in [5, 5.41) is 10.2. The molecule has 94 valence electrons. The van der Waals surface area contributed by atoms with Crippen LogP contribution in [0.5, 0.6) is 0 Å². The van der Waals surface area contributed by atoms with Gasteiger partial charge in [0.1, 0.15) is 0 Å². The zero-order chi connectivity index (χ0) is 12.8. The van der Waals surface area contributed by atoms with Gasteiger partial charge in [0.05, 0.1) is 6.33 Å². The molecule has 2 aromatic heterocycles. The minimum Gasteiger partial charge on any atom is -0.350 e. The zero-order valence-electron chi connectivity index (χ0n) is 9.55. The van der Waals surface area contributed by atoms with Gasteiger partial charge in [-0.05, 0) is 12.1 Å². The monoisotopic (exact) mass is 247 g/mol. The Morgan fingerprint density at radius 1 is 1.39 bits per heavy atom. The van der Waals surface area contributed by atoms with E-state index in [1.54, 1.807) is 24.7 Å². The number of imidazole rings is 1. The molecule has 0 saturated heterocycles. The van der Waals surface area contributed by atoms with Crippen LogP contribution in [-0.2, 0) is 6.42 Å². The molecule has 0 aromatic carbocycles. The predicted octanol–water partition coefficient (Wildman–Crippen LogP) is -0.542. The first-order valence-corrected chi connectivity index (χ1v) is 5.35. The van der Waals surface area contributed by atoms with Crippen molar-refractivity contribution in [3.05, 3.63) is 36.0 Å². The Kier molecular flexibility index (Phi) is 3.82. The second-order valence-corrected chi connectivity index (χ2v) is 3.53. The molecule has 0 aliphatic rings. The van der Waals surface area contributed by atoms with E-state index in [1.165, 1.54) is 0 Å². The highest BCUT2D eigenvalue weighted by Crippen LogP contribution is 1.99. The minimum absolute atomic E-state index is 0.249. The third-order valence-electron chi connectivity index (χ3n) is 2.28. The van der Waals surface area contributed by atoms with E-state index >= 15 is 0 Å². The van der Waals surface area contributed by atoms with E-state index in [2.05, 4.69) is 30.9 Å². The number of anilines is 1. The summed E-state index contributed by atoms with van der Waals surface area (Å²) in [4.78, 5) is 18.5. The number of nitrogens with two attached hydrogens (primary N) is 1. The molecule has 8 heteroatoms. The zero-order valence-corrected chi connectivity index (χ0v) is 9.55. The van der Waals surface area contributed by atoms with Crippen LogP contribution < -0.4 is 16.6 Å². The number of aromatic amines is 1. The van der Waals surface area contributed by atoms with Crippen molar-refractivity contribution in [2.24, 2.45) is 5.84 Å². The first-order chi connectivity index (χ1) is 8.79. The van der Waals surface area contributed by atoms with Gasteiger partial charge in [0, 0.05) is 24.9 Å². The van der Waals surface area contributed by atoms with E-state index < -0.39 is 0 Å². The summed E-state index contributed by atoms with van der Waals surface area (Å²) >= 11 is 0. The van der Waals surface area contributed by atoms with Crippen LogP contribution in [0.15, 0.2) is 24.7 Å². The normalized spacial score (nSPS) is 10.1. The average molecular weight is 247 g/mol. The largest absolute Gasteiger partial charge is 0.350 e. The fourth-order valence-electron chi connectivity index (χ4n) is 1.35. The van der Waals surface area contributed by atoms with E-state index in [0.29, 0.717) is 18.8 Å². The summed E-state index contributed by atoms with van der Waals surface area (Å²) in [6.45, 7) is 0.500. The molecular formula is C10H13N7O. The Bertz CT molecular complexity index is 493. The number of rotatable bonds is 5. The van der Waals surface area contributed by atoms with Crippen LogP contribution in [0.2, 0.25) is 0 Å². The van der Waals surface area contributed by atoms with Crippen molar-refractivity contribution in [2.75, 3.05) is 12.0 Å². The third-order valence-corrected chi connectivity index (χ3v) is 2.28. The summed E-state index contributed by atoms with van der Waals surface area (Å²) in [6, 6.07) is 3.13. The number of amides is 1. The lowest BCUT2D eigenvalue weighted by Crippen LogP contribution is -2.27. The Balaban J connectivity index is 1.83. The average Bonchev–Trinajstić information content (AvgIpc) is 2.92. The SMILES string of the molecule is NNc1ccc(C(=O)NCCc2cnc[nH]2)nn1. The van der Waals surface area contributed by atoms with Crippen molar-refractivity contribution in [3.8, 4) is 0 Å². The van der Waals surface area contributed by atoms with Crippen LogP contribution >= 0.6 is 0 Å². The fourth-order valence-corrected chi connectivity index (χ4v) is 1.35. The van der Waals surface area contributed by atoms with Gasteiger partial charge in [0.25, 0.3) is 5.91 Å². The van der Waals surface area contributed by atoms with Gasteiger partial charge in [-0.15, -0.1) is 10.2 Å². The van der Waals surface area contributed by atoms with Crippen molar-refractivity contribution < 1.29 is 4.79 Å². The molecule has 0 spiro atoms. The van der Waals surface area contributed by atoms with Crippen molar-refractivity contribution in [1.29, 1.82) is 0 Å². The van der Waals surface area contributed by atoms with Gasteiger partial charge in [-0.2, -0.15) is 0 Å². The molecule has 0 atom stereocenters. The molecule has 1 amide bonds. The van der Waals surface area contributed by atoms with Crippen molar-refractivity contribution >= 4 is 11.7 Å². The topological polar surface area (TPSA) is 122 Å². The molecule has 0 saturated carbocycles. The Labute approximate surface area is 103 Å². The lowest BCUT2D eigenvalue weighted by molar-refractivity contribution is 0.0948. The van der Waals surface area contributed by atoms with Crippen LogP contribution in [0.4, 0.5) is 5.82 Å². The molecule has 2 heterocycles. The highest BCUT2D eigenvalue weighted by atomic mass is 16.1. The number of nitrogen functional groups attached to an aromatic ring is 1. The van der Waals surface area contributed by atoms with Gasteiger partial charge in [-0.1, -0.05) is 0 Å². The summed E-state index contributed by atoms with van der Waals surface area (Å²) in [7, 11) is 0. The molecule has 0 radical (unpaired) electrons. The van der Waals surface area contributed by atoms with Gasteiger partial charge in [-0.3, -0.25) is 4.79 Å². The van der Waals surface area contributed by atoms with Gasteiger partial charge in [0.2, 0.25) is 0 Å².